The van der Waals surface area contributed by atoms with Crippen LogP contribution >= 0.6 is 23.4 Å². The zero-order valence-corrected chi connectivity index (χ0v) is 18.9. The molecule has 2 aromatic carbocycles. The summed E-state index contributed by atoms with van der Waals surface area (Å²) in [6, 6.07) is 13.9. The molecule has 0 bridgehead atoms. The number of aromatic amines is 1. The van der Waals surface area contributed by atoms with Crippen molar-refractivity contribution in [1.82, 2.24) is 9.97 Å². The van der Waals surface area contributed by atoms with Gasteiger partial charge in [-0.2, -0.15) is 0 Å². The minimum atomic E-state index is -0.746. The molecule has 2 heterocycles. The molecule has 1 unspecified atom stereocenters. The fraction of sp³-hybridized carbons (Fsp3) is 0.174. The van der Waals surface area contributed by atoms with E-state index in [0.29, 0.717) is 33.0 Å². The number of aromatic nitrogens is 2. The van der Waals surface area contributed by atoms with Gasteiger partial charge in [0.25, 0.3) is 5.56 Å². The van der Waals surface area contributed by atoms with Gasteiger partial charge in [0, 0.05) is 16.5 Å². The summed E-state index contributed by atoms with van der Waals surface area (Å²) in [4.78, 5) is 33.2. The van der Waals surface area contributed by atoms with Crippen molar-refractivity contribution < 1.29 is 14.6 Å². The number of nitrogens with one attached hydrogen (secondary N) is 2. The van der Waals surface area contributed by atoms with Gasteiger partial charge in [-0.15, -0.1) is 0 Å². The number of anilines is 1. The number of H-pyrrole nitrogens is 1. The number of phenolic OH excluding ortho intramolecular Hbond substituents is 1. The standard InChI is InChI=1S/C23H20ClN3O4S/c1-12-17(22(30)31-2)18(13-7-5-8-15(28)10-13)19-20(25-12)26-23(27-21(19)29)32-11-14-6-3-4-9-16(14)24/h3-10,18,28H,11H2,1-2H3,(H2,25,26,27,29). The zero-order valence-electron chi connectivity index (χ0n) is 17.3. The summed E-state index contributed by atoms with van der Waals surface area (Å²) in [5, 5.41) is 14.1. The molecule has 0 amide bonds. The predicted octanol–water partition coefficient (Wildman–Crippen LogP) is 4.43. The van der Waals surface area contributed by atoms with Gasteiger partial charge in [-0.05, 0) is 36.2 Å². The minimum Gasteiger partial charge on any atom is -0.508 e. The van der Waals surface area contributed by atoms with Crippen molar-refractivity contribution in [2.24, 2.45) is 0 Å². The molecule has 0 radical (unpaired) electrons. The number of hydrogen-bond donors (Lipinski definition) is 3. The summed E-state index contributed by atoms with van der Waals surface area (Å²) in [5.74, 6) is -0.399. The van der Waals surface area contributed by atoms with Crippen LogP contribution in [0, 0.1) is 0 Å². The van der Waals surface area contributed by atoms with Crippen LogP contribution in [0.1, 0.15) is 29.5 Å². The smallest absolute Gasteiger partial charge is 0.336 e. The highest BCUT2D eigenvalue weighted by Gasteiger charge is 2.36. The molecular formula is C23H20ClN3O4S. The Kier molecular flexibility index (Phi) is 6.25. The minimum absolute atomic E-state index is 0.0285. The van der Waals surface area contributed by atoms with Crippen LogP contribution in [0.3, 0.4) is 0 Å². The fourth-order valence-electron chi connectivity index (χ4n) is 3.68. The number of esters is 1. The monoisotopic (exact) mass is 469 g/mol. The molecule has 3 aromatic rings. The largest absolute Gasteiger partial charge is 0.508 e. The summed E-state index contributed by atoms with van der Waals surface area (Å²) < 4.78 is 4.97. The molecular weight excluding hydrogens is 450 g/mol. The van der Waals surface area contributed by atoms with Crippen LogP contribution < -0.4 is 10.9 Å². The van der Waals surface area contributed by atoms with Crippen molar-refractivity contribution in [2.45, 2.75) is 23.8 Å². The van der Waals surface area contributed by atoms with E-state index in [9.17, 15) is 14.7 Å². The van der Waals surface area contributed by atoms with Crippen LogP contribution in [0.25, 0.3) is 0 Å². The van der Waals surface area contributed by atoms with E-state index in [1.54, 1.807) is 19.1 Å². The van der Waals surface area contributed by atoms with E-state index in [-0.39, 0.29) is 22.4 Å². The van der Waals surface area contributed by atoms with Gasteiger partial charge in [0.15, 0.2) is 5.16 Å². The Balaban J connectivity index is 1.77. The van der Waals surface area contributed by atoms with Crippen molar-refractivity contribution >= 4 is 35.1 Å². The second-order valence-corrected chi connectivity index (χ2v) is 8.57. The number of thioether (sulfide) groups is 1. The Labute approximate surface area is 193 Å². The number of carbonyl (C=O) groups is 1. The first-order valence-electron chi connectivity index (χ1n) is 9.74. The summed E-state index contributed by atoms with van der Waals surface area (Å²) in [5.41, 5.74) is 2.22. The lowest BCUT2D eigenvalue weighted by molar-refractivity contribution is -0.136. The molecule has 1 aromatic heterocycles. The molecule has 0 fully saturated rings. The number of allylic oxidation sites excluding steroid dienone is 1. The van der Waals surface area contributed by atoms with Crippen LogP contribution in [0.4, 0.5) is 5.82 Å². The van der Waals surface area contributed by atoms with Crippen LogP contribution in [0.5, 0.6) is 5.75 Å². The number of fused-ring (bicyclic) bond motifs is 1. The van der Waals surface area contributed by atoms with E-state index in [1.165, 1.54) is 31.0 Å². The number of ether oxygens (including phenoxy) is 1. The van der Waals surface area contributed by atoms with Crippen LogP contribution in [-0.4, -0.2) is 28.2 Å². The number of nitrogens with zero attached hydrogens (tertiary/aromatic N) is 1. The second kappa shape index (κ2) is 9.10. The highest BCUT2D eigenvalue weighted by atomic mass is 35.5. The molecule has 1 atom stereocenters. The first-order valence-corrected chi connectivity index (χ1v) is 11.1. The zero-order chi connectivity index (χ0) is 22.8. The Bertz CT molecular complexity index is 1290. The SMILES string of the molecule is COC(=O)C1=C(C)Nc2nc(SCc3ccccc3Cl)[nH]c(=O)c2C1c1cccc(O)c1. The maximum Gasteiger partial charge on any atom is 0.336 e. The molecule has 164 valence electrons. The molecule has 32 heavy (non-hydrogen) atoms. The highest BCUT2D eigenvalue weighted by molar-refractivity contribution is 7.98. The number of carbonyl (C=O) groups excluding carboxylic acids is 1. The van der Waals surface area contributed by atoms with Crippen molar-refractivity contribution in [1.29, 1.82) is 0 Å². The second-order valence-electron chi connectivity index (χ2n) is 7.20. The summed E-state index contributed by atoms with van der Waals surface area (Å²) >= 11 is 7.58. The number of hydrogen-bond acceptors (Lipinski definition) is 7. The average molecular weight is 470 g/mol. The van der Waals surface area contributed by atoms with Crippen LogP contribution in [-0.2, 0) is 15.3 Å². The van der Waals surface area contributed by atoms with Crippen molar-refractivity contribution in [3.8, 4) is 5.75 Å². The number of methoxy groups -OCH3 is 1. The molecule has 4 rings (SSSR count). The van der Waals surface area contributed by atoms with Gasteiger partial charge in [0.2, 0.25) is 0 Å². The normalized spacial score (nSPS) is 15.2. The number of halogens is 1. The van der Waals surface area contributed by atoms with Gasteiger partial charge in [-0.1, -0.05) is 53.7 Å². The molecule has 0 spiro atoms. The van der Waals surface area contributed by atoms with E-state index < -0.39 is 11.9 Å². The highest BCUT2D eigenvalue weighted by Crippen LogP contribution is 2.40. The summed E-state index contributed by atoms with van der Waals surface area (Å²) in [7, 11) is 1.29. The Hall–Kier alpha value is -3.23. The molecule has 1 aliphatic heterocycles. The van der Waals surface area contributed by atoms with Gasteiger partial charge in [0.1, 0.15) is 11.6 Å². The molecule has 0 aliphatic carbocycles. The first kappa shape index (κ1) is 22.0. The fourth-order valence-corrected chi connectivity index (χ4v) is 4.83. The summed E-state index contributed by atoms with van der Waals surface area (Å²) in [6.45, 7) is 1.73. The molecule has 7 nitrogen and oxygen atoms in total. The molecule has 3 N–H and O–H groups in total. The maximum atomic E-state index is 13.2. The predicted molar refractivity (Wildman–Crippen MR) is 124 cm³/mol. The van der Waals surface area contributed by atoms with Gasteiger partial charge in [-0.25, -0.2) is 9.78 Å². The van der Waals surface area contributed by atoms with Crippen molar-refractivity contribution in [2.75, 3.05) is 12.4 Å². The molecule has 0 saturated carbocycles. The third kappa shape index (κ3) is 4.24. The van der Waals surface area contributed by atoms with Crippen molar-refractivity contribution in [3.63, 3.8) is 0 Å². The quantitative estimate of drug-likeness (QED) is 0.288. The number of aromatic hydroxyl groups is 1. The molecule has 1 aliphatic rings. The molecule has 9 heteroatoms. The average Bonchev–Trinajstić information content (AvgIpc) is 2.77. The third-order valence-electron chi connectivity index (χ3n) is 5.15. The Morgan fingerprint density at radius 1 is 1.25 bits per heavy atom. The van der Waals surface area contributed by atoms with E-state index in [4.69, 9.17) is 16.3 Å². The lowest BCUT2D eigenvalue weighted by Gasteiger charge is -2.28. The van der Waals surface area contributed by atoms with Gasteiger partial charge in [0.05, 0.1) is 24.2 Å². The number of rotatable bonds is 5. The van der Waals surface area contributed by atoms with Gasteiger partial charge >= 0.3 is 5.97 Å². The Morgan fingerprint density at radius 3 is 2.75 bits per heavy atom. The van der Waals surface area contributed by atoms with Crippen molar-refractivity contribution in [3.05, 3.63) is 91.9 Å². The van der Waals surface area contributed by atoms with Crippen LogP contribution in [0.15, 0.2) is 69.8 Å². The van der Waals surface area contributed by atoms with E-state index >= 15 is 0 Å². The van der Waals surface area contributed by atoms with Gasteiger partial charge < -0.3 is 20.1 Å². The Morgan fingerprint density at radius 2 is 2.03 bits per heavy atom. The topological polar surface area (TPSA) is 104 Å². The maximum absolute atomic E-state index is 13.2. The lowest BCUT2D eigenvalue weighted by Crippen LogP contribution is -2.30. The van der Waals surface area contributed by atoms with E-state index in [0.717, 1.165) is 5.56 Å². The van der Waals surface area contributed by atoms with E-state index in [2.05, 4.69) is 15.3 Å². The molecule has 0 saturated heterocycles. The summed E-state index contributed by atoms with van der Waals surface area (Å²) in [6.07, 6.45) is 0. The first-order chi connectivity index (χ1) is 15.4. The number of benzene rings is 2. The third-order valence-corrected chi connectivity index (χ3v) is 6.44. The van der Waals surface area contributed by atoms with E-state index in [1.807, 2.05) is 24.3 Å². The number of phenols is 1. The van der Waals surface area contributed by atoms with Gasteiger partial charge in [-0.3, -0.25) is 4.79 Å². The van der Waals surface area contributed by atoms with Crippen LogP contribution in [0.2, 0.25) is 5.02 Å². The lowest BCUT2D eigenvalue weighted by atomic mass is 9.82.